The molecule has 6 heterocycles. The first-order valence-corrected chi connectivity index (χ1v) is 26.4. The lowest BCUT2D eigenvalue weighted by Crippen LogP contribution is -2.11. The van der Waals surface area contributed by atoms with Crippen molar-refractivity contribution in [3.8, 4) is 22.9 Å². The fraction of sp³-hybridized carbons (Fsp3) is 0.333. The molecule has 0 spiro atoms. The third-order valence-corrected chi connectivity index (χ3v) is 13.5. The number of benzene rings is 3. The summed E-state index contributed by atoms with van der Waals surface area (Å²) in [5.41, 5.74) is 12.1. The summed E-state index contributed by atoms with van der Waals surface area (Å²) in [5, 5.41) is 0. The number of ether oxygens (including phenoxy) is 4. The molecule has 392 valence electrons. The van der Waals surface area contributed by atoms with Crippen LogP contribution in [0.5, 0.6) is 11.5 Å². The molecule has 0 unspecified atom stereocenters. The van der Waals surface area contributed by atoms with Crippen LogP contribution in [0.4, 0.5) is 0 Å². The predicted octanol–water partition coefficient (Wildman–Crippen LogP) is 10.0. The van der Waals surface area contributed by atoms with Crippen LogP contribution in [0.1, 0.15) is 128 Å². The minimum atomic E-state index is -4.02. The van der Waals surface area contributed by atoms with Crippen LogP contribution in [0.3, 0.4) is 0 Å². The zero-order chi connectivity index (χ0) is 53.8. The summed E-state index contributed by atoms with van der Waals surface area (Å²) >= 11 is 0. The Kier molecular flexibility index (Phi) is 18.3. The number of rotatable bonds is 15. The number of carbonyl (C=O) groups excluding carboxylic acids is 2. The molecule has 1 N–H and O–H groups in total. The molecular weight excluding hydrogens is 973 g/mol. The average molecular weight is 1040 g/mol. The number of methoxy groups -OCH3 is 2. The molecule has 0 radical (unpaired) electrons. The van der Waals surface area contributed by atoms with Gasteiger partial charge in [-0.05, 0) is 120 Å². The van der Waals surface area contributed by atoms with Crippen molar-refractivity contribution in [2.45, 2.75) is 104 Å². The number of hydrogen-bond donors (Lipinski definition) is 1. The van der Waals surface area contributed by atoms with Gasteiger partial charge >= 0.3 is 11.9 Å². The van der Waals surface area contributed by atoms with Crippen molar-refractivity contribution in [1.29, 1.82) is 0 Å². The zero-order valence-corrected chi connectivity index (χ0v) is 44.7. The molecule has 0 aliphatic carbocycles. The number of imidazole rings is 2. The van der Waals surface area contributed by atoms with Crippen LogP contribution in [0.25, 0.3) is 11.4 Å². The van der Waals surface area contributed by atoms with Gasteiger partial charge in [0.2, 0.25) is 0 Å². The molecule has 75 heavy (non-hydrogen) atoms. The number of pyridine rings is 2. The lowest BCUT2D eigenvalue weighted by Gasteiger charge is -2.17. The topological polar surface area (TPSA) is 212 Å². The molecule has 18 heteroatoms. The van der Waals surface area contributed by atoms with E-state index in [1.807, 2.05) is 83.4 Å². The highest BCUT2D eigenvalue weighted by Gasteiger charge is 2.31. The summed E-state index contributed by atoms with van der Waals surface area (Å²) < 4.78 is 55.5. The normalized spacial score (nSPS) is 14.3. The molecule has 4 aromatic heterocycles. The lowest BCUT2D eigenvalue weighted by molar-refractivity contribution is -0.144. The van der Waals surface area contributed by atoms with Gasteiger partial charge in [0, 0.05) is 72.3 Å². The second-order valence-corrected chi connectivity index (χ2v) is 19.1. The highest BCUT2D eigenvalue weighted by atomic mass is 32.2. The van der Waals surface area contributed by atoms with E-state index < -0.39 is 10.1 Å². The molecule has 0 amide bonds. The molecular formula is C57H64N8O9S. The summed E-state index contributed by atoms with van der Waals surface area (Å²) in [6.07, 6.45) is 10.4. The Labute approximate surface area is 438 Å². The summed E-state index contributed by atoms with van der Waals surface area (Å²) in [7, 11) is -0.640. The van der Waals surface area contributed by atoms with E-state index in [1.165, 1.54) is 12.1 Å². The SMILES string of the molecule is CCOC(=O)CC[C@@H]1N=C(c2ccccn2)c2cc(CC)c(OC)cc2-n2c(C)cnc21.CCOC(=O)CC[C@@H]1N=C(c2ccccn2)c2cc(CC)c(OC)cc2-n2c(C)cnc21.Cc1ccc(S(=O)(=O)O)cc1. The number of aliphatic imine (C=N–C) groups is 2. The highest BCUT2D eigenvalue weighted by Crippen LogP contribution is 2.39. The number of fused-ring (bicyclic) bond motifs is 6. The number of aryl methyl sites for hydroxylation is 5. The number of nitrogens with zero attached hydrogens (tertiary/aromatic N) is 8. The van der Waals surface area contributed by atoms with Crippen molar-refractivity contribution in [3.05, 3.63) is 172 Å². The molecule has 0 saturated carbocycles. The van der Waals surface area contributed by atoms with Crippen molar-refractivity contribution < 1.29 is 41.5 Å². The van der Waals surface area contributed by atoms with Gasteiger partial charge < -0.3 is 18.9 Å². The van der Waals surface area contributed by atoms with Crippen LogP contribution >= 0.6 is 0 Å². The summed E-state index contributed by atoms with van der Waals surface area (Å²) in [6.45, 7) is 14.5. The third kappa shape index (κ3) is 12.8. The minimum absolute atomic E-state index is 0.0666. The van der Waals surface area contributed by atoms with E-state index >= 15 is 0 Å². The van der Waals surface area contributed by atoms with Gasteiger partial charge in [-0.1, -0.05) is 43.7 Å². The molecule has 0 fully saturated rings. The van der Waals surface area contributed by atoms with Crippen LogP contribution in [-0.2, 0) is 42.0 Å². The van der Waals surface area contributed by atoms with Crippen LogP contribution in [0.15, 0.2) is 125 Å². The first kappa shape index (κ1) is 54.9. The van der Waals surface area contributed by atoms with E-state index in [-0.39, 0.29) is 41.8 Å². The molecule has 17 nitrogen and oxygen atoms in total. The zero-order valence-electron chi connectivity index (χ0n) is 43.9. The average Bonchev–Trinajstić information content (AvgIpc) is 3.93. The monoisotopic (exact) mass is 1040 g/mol. The summed E-state index contributed by atoms with van der Waals surface area (Å²) in [5.74, 6) is 2.80. The van der Waals surface area contributed by atoms with Crippen molar-refractivity contribution in [2.24, 2.45) is 9.98 Å². The predicted molar refractivity (Wildman–Crippen MR) is 286 cm³/mol. The Morgan fingerprint density at radius 1 is 0.600 bits per heavy atom. The fourth-order valence-electron chi connectivity index (χ4n) is 8.97. The van der Waals surface area contributed by atoms with Gasteiger partial charge in [0.1, 0.15) is 35.2 Å². The Bertz CT molecular complexity index is 3120. The Balaban J connectivity index is 0.000000182. The van der Waals surface area contributed by atoms with Gasteiger partial charge in [-0.25, -0.2) is 9.97 Å². The molecule has 7 aromatic rings. The van der Waals surface area contributed by atoms with E-state index in [0.717, 1.165) is 109 Å². The van der Waals surface area contributed by atoms with Gasteiger partial charge in [0.25, 0.3) is 10.1 Å². The highest BCUT2D eigenvalue weighted by molar-refractivity contribution is 7.85. The quantitative estimate of drug-likeness (QED) is 0.0749. The number of carbonyl (C=O) groups is 2. The van der Waals surface area contributed by atoms with Crippen LogP contribution in [0.2, 0.25) is 0 Å². The largest absolute Gasteiger partial charge is 0.496 e. The number of hydrogen-bond acceptors (Lipinski definition) is 14. The second-order valence-electron chi connectivity index (χ2n) is 17.6. The maximum atomic E-state index is 12.1. The van der Waals surface area contributed by atoms with E-state index in [0.29, 0.717) is 26.1 Å². The summed E-state index contributed by atoms with van der Waals surface area (Å²) in [4.78, 5) is 52.9. The van der Waals surface area contributed by atoms with E-state index in [9.17, 15) is 18.0 Å². The number of aromatic nitrogens is 6. The van der Waals surface area contributed by atoms with E-state index in [1.54, 1.807) is 38.7 Å². The molecule has 2 aliphatic rings. The molecule has 0 saturated heterocycles. The standard InChI is InChI=1S/2C25H28N4O3.C7H8O3S/c2*1-5-17-13-18-21(14-22(17)31-4)29-16(3)15-27-25(29)20(10-11-23(30)32-6-2)28-24(18)19-9-7-8-12-26-19;1-6-2-4-7(5-3-6)11(8,9)10/h2*7-9,12-15,20H,5-6,10-11H2,1-4H3;2-5H,1H3,(H,8,9,10)/t2*20-;/m00./s1. The second kappa shape index (κ2) is 24.9. The first-order valence-electron chi connectivity index (χ1n) is 25.0. The van der Waals surface area contributed by atoms with Crippen molar-refractivity contribution >= 4 is 33.5 Å². The van der Waals surface area contributed by atoms with Gasteiger partial charge in [-0.15, -0.1) is 0 Å². The molecule has 2 aliphatic heterocycles. The van der Waals surface area contributed by atoms with Crippen LogP contribution < -0.4 is 9.47 Å². The van der Waals surface area contributed by atoms with E-state index in [4.69, 9.17) is 33.5 Å². The molecule has 2 atom stereocenters. The number of esters is 2. The Morgan fingerprint density at radius 3 is 1.37 bits per heavy atom. The first-order chi connectivity index (χ1) is 36.1. The smallest absolute Gasteiger partial charge is 0.305 e. The molecule has 3 aromatic carbocycles. The van der Waals surface area contributed by atoms with Crippen molar-refractivity contribution in [3.63, 3.8) is 0 Å². The maximum absolute atomic E-state index is 12.1. The van der Waals surface area contributed by atoms with E-state index in [2.05, 4.69) is 67.2 Å². The van der Waals surface area contributed by atoms with Crippen molar-refractivity contribution in [2.75, 3.05) is 27.4 Å². The van der Waals surface area contributed by atoms with Gasteiger partial charge in [0.05, 0.1) is 66.5 Å². The lowest BCUT2D eigenvalue weighted by atomic mass is 9.99. The molecule has 9 rings (SSSR count). The third-order valence-electron chi connectivity index (χ3n) is 12.6. The Hall–Kier alpha value is -7.83. The van der Waals surface area contributed by atoms with Gasteiger partial charge in [0.15, 0.2) is 0 Å². The molecule has 0 bridgehead atoms. The van der Waals surface area contributed by atoms with Gasteiger partial charge in [-0.3, -0.25) is 43.2 Å². The Morgan fingerprint density at radius 2 is 1.03 bits per heavy atom. The van der Waals surface area contributed by atoms with Crippen LogP contribution in [0, 0.1) is 20.8 Å². The van der Waals surface area contributed by atoms with Gasteiger partial charge in [-0.2, -0.15) is 8.42 Å². The maximum Gasteiger partial charge on any atom is 0.305 e. The fourth-order valence-corrected chi connectivity index (χ4v) is 9.45. The minimum Gasteiger partial charge on any atom is -0.496 e. The van der Waals surface area contributed by atoms with Crippen molar-refractivity contribution in [1.82, 2.24) is 29.1 Å². The summed E-state index contributed by atoms with van der Waals surface area (Å²) in [6, 6.07) is 25.4. The van der Waals surface area contributed by atoms with Crippen LogP contribution in [-0.4, -0.2) is 92.8 Å².